The Bertz CT molecular complexity index is 696. The standard InChI is InChI=1S/C22H30N2O2/c1-5-6-15-24(16-18-11-13-19(14-12-18)17(2)3)22(25)23-20-9-7-8-10-21(20)26-4/h7-14,17H,5-6,15-16H2,1-4H3,(H,23,25). The van der Waals surface area contributed by atoms with Gasteiger partial charge in [-0.1, -0.05) is 63.6 Å². The van der Waals surface area contributed by atoms with Gasteiger partial charge < -0.3 is 15.0 Å². The highest BCUT2D eigenvalue weighted by molar-refractivity contribution is 5.91. The molecule has 2 aromatic carbocycles. The van der Waals surface area contributed by atoms with Crippen molar-refractivity contribution >= 4 is 11.7 Å². The minimum absolute atomic E-state index is 0.101. The van der Waals surface area contributed by atoms with Crippen LogP contribution in [0.2, 0.25) is 0 Å². The van der Waals surface area contributed by atoms with Gasteiger partial charge in [-0.2, -0.15) is 0 Å². The molecule has 0 aromatic heterocycles. The molecule has 4 heteroatoms. The molecule has 2 amide bonds. The third-order valence-electron chi connectivity index (χ3n) is 4.44. The molecule has 0 bridgehead atoms. The first-order chi connectivity index (χ1) is 12.5. The molecule has 0 aliphatic heterocycles. The molecule has 140 valence electrons. The molecular formula is C22H30N2O2. The zero-order valence-electron chi connectivity index (χ0n) is 16.3. The van der Waals surface area contributed by atoms with Gasteiger partial charge in [0, 0.05) is 13.1 Å². The number of amides is 2. The number of urea groups is 1. The SMILES string of the molecule is CCCCN(Cc1ccc(C(C)C)cc1)C(=O)Nc1ccccc1OC. The van der Waals surface area contributed by atoms with Crippen LogP contribution in [-0.2, 0) is 6.54 Å². The van der Waals surface area contributed by atoms with Crippen LogP contribution in [0.25, 0.3) is 0 Å². The first kappa shape index (κ1) is 19.8. The largest absolute Gasteiger partial charge is 0.495 e. The van der Waals surface area contributed by atoms with Gasteiger partial charge in [-0.25, -0.2) is 4.79 Å². The number of hydrogen-bond acceptors (Lipinski definition) is 2. The second-order valence-electron chi connectivity index (χ2n) is 6.80. The van der Waals surface area contributed by atoms with E-state index in [0.717, 1.165) is 24.9 Å². The molecule has 0 aliphatic carbocycles. The fraction of sp³-hybridized carbons (Fsp3) is 0.409. The second kappa shape index (κ2) is 9.85. The van der Waals surface area contributed by atoms with Gasteiger partial charge in [0.05, 0.1) is 12.8 Å². The number of nitrogens with one attached hydrogen (secondary N) is 1. The molecule has 4 nitrogen and oxygen atoms in total. The van der Waals surface area contributed by atoms with Gasteiger partial charge in [0.25, 0.3) is 0 Å². The number of ether oxygens (including phenoxy) is 1. The molecule has 0 heterocycles. The Kier molecular flexibility index (Phi) is 7.52. The summed E-state index contributed by atoms with van der Waals surface area (Å²) in [6, 6.07) is 15.9. The van der Waals surface area contributed by atoms with Crippen molar-refractivity contribution in [2.75, 3.05) is 19.0 Å². The molecule has 2 aromatic rings. The van der Waals surface area contributed by atoms with E-state index in [1.807, 2.05) is 29.2 Å². The second-order valence-corrected chi connectivity index (χ2v) is 6.80. The van der Waals surface area contributed by atoms with E-state index in [2.05, 4.69) is 50.4 Å². The molecule has 0 fully saturated rings. The highest BCUT2D eigenvalue weighted by Crippen LogP contribution is 2.24. The van der Waals surface area contributed by atoms with Crippen LogP contribution in [0.1, 0.15) is 50.7 Å². The van der Waals surface area contributed by atoms with Crippen molar-refractivity contribution in [1.29, 1.82) is 0 Å². The van der Waals surface area contributed by atoms with E-state index in [0.29, 0.717) is 23.9 Å². The van der Waals surface area contributed by atoms with Crippen LogP contribution in [0, 0.1) is 0 Å². The van der Waals surface area contributed by atoms with Crippen LogP contribution >= 0.6 is 0 Å². The summed E-state index contributed by atoms with van der Waals surface area (Å²) < 4.78 is 5.33. The monoisotopic (exact) mass is 354 g/mol. The number of nitrogens with zero attached hydrogens (tertiary/aromatic N) is 1. The maximum Gasteiger partial charge on any atom is 0.322 e. The van der Waals surface area contributed by atoms with Crippen LogP contribution in [-0.4, -0.2) is 24.6 Å². The predicted octanol–water partition coefficient (Wildman–Crippen LogP) is 5.65. The lowest BCUT2D eigenvalue weighted by atomic mass is 10.0. The number of carbonyl (C=O) groups is 1. The third kappa shape index (κ3) is 5.51. The first-order valence-electron chi connectivity index (χ1n) is 9.33. The third-order valence-corrected chi connectivity index (χ3v) is 4.44. The van der Waals surface area contributed by atoms with Crippen molar-refractivity contribution < 1.29 is 9.53 Å². The maximum absolute atomic E-state index is 12.8. The van der Waals surface area contributed by atoms with Gasteiger partial charge in [0.15, 0.2) is 0 Å². The van der Waals surface area contributed by atoms with E-state index < -0.39 is 0 Å². The minimum Gasteiger partial charge on any atom is -0.495 e. The summed E-state index contributed by atoms with van der Waals surface area (Å²) >= 11 is 0. The summed E-state index contributed by atoms with van der Waals surface area (Å²) in [5.74, 6) is 1.17. The lowest BCUT2D eigenvalue weighted by Crippen LogP contribution is -2.35. The smallest absolute Gasteiger partial charge is 0.322 e. The fourth-order valence-electron chi connectivity index (χ4n) is 2.77. The Hall–Kier alpha value is -2.49. The summed E-state index contributed by atoms with van der Waals surface area (Å²) in [6.07, 6.45) is 2.02. The van der Waals surface area contributed by atoms with Gasteiger partial charge in [-0.3, -0.25) is 0 Å². The number of unbranched alkanes of at least 4 members (excludes halogenated alkanes) is 1. The van der Waals surface area contributed by atoms with E-state index >= 15 is 0 Å². The van der Waals surface area contributed by atoms with Gasteiger partial charge in [-0.05, 0) is 35.6 Å². The Morgan fingerprint density at radius 3 is 2.42 bits per heavy atom. The topological polar surface area (TPSA) is 41.6 Å². The fourth-order valence-corrected chi connectivity index (χ4v) is 2.77. The lowest BCUT2D eigenvalue weighted by Gasteiger charge is -2.24. The summed E-state index contributed by atoms with van der Waals surface area (Å²) in [7, 11) is 1.61. The normalized spacial score (nSPS) is 10.7. The van der Waals surface area contributed by atoms with E-state index in [4.69, 9.17) is 4.74 Å². The molecule has 1 N–H and O–H groups in total. The van der Waals surface area contributed by atoms with Gasteiger partial charge in [0.2, 0.25) is 0 Å². The van der Waals surface area contributed by atoms with Crippen molar-refractivity contribution in [3.05, 3.63) is 59.7 Å². The van der Waals surface area contributed by atoms with Crippen molar-refractivity contribution in [1.82, 2.24) is 4.90 Å². The number of anilines is 1. The minimum atomic E-state index is -0.101. The van der Waals surface area contributed by atoms with Crippen LogP contribution in [0.5, 0.6) is 5.75 Å². The average Bonchev–Trinajstić information content (AvgIpc) is 2.65. The highest BCUT2D eigenvalue weighted by atomic mass is 16.5. The number of hydrogen-bond donors (Lipinski definition) is 1. The van der Waals surface area contributed by atoms with Crippen molar-refractivity contribution in [3.63, 3.8) is 0 Å². The zero-order valence-corrected chi connectivity index (χ0v) is 16.3. The molecule has 26 heavy (non-hydrogen) atoms. The maximum atomic E-state index is 12.8. The van der Waals surface area contributed by atoms with Crippen LogP contribution in [0.4, 0.5) is 10.5 Å². The molecule has 0 saturated heterocycles. The predicted molar refractivity (Wildman–Crippen MR) is 108 cm³/mol. The number of rotatable bonds is 8. The molecule has 0 radical (unpaired) electrons. The van der Waals surface area contributed by atoms with E-state index in [1.165, 1.54) is 5.56 Å². The summed E-state index contributed by atoms with van der Waals surface area (Å²) in [4.78, 5) is 14.7. The van der Waals surface area contributed by atoms with Crippen LogP contribution in [0.3, 0.4) is 0 Å². The number of methoxy groups -OCH3 is 1. The lowest BCUT2D eigenvalue weighted by molar-refractivity contribution is 0.208. The van der Waals surface area contributed by atoms with Crippen molar-refractivity contribution in [3.8, 4) is 5.75 Å². The average molecular weight is 354 g/mol. The molecule has 2 rings (SSSR count). The van der Waals surface area contributed by atoms with Crippen molar-refractivity contribution in [2.24, 2.45) is 0 Å². The van der Waals surface area contributed by atoms with Crippen LogP contribution < -0.4 is 10.1 Å². The number of carbonyl (C=O) groups excluding carboxylic acids is 1. The van der Waals surface area contributed by atoms with E-state index in [1.54, 1.807) is 7.11 Å². The number of para-hydroxylation sites is 2. The quantitative estimate of drug-likeness (QED) is 0.665. The number of benzene rings is 2. The Balaban J connectivity index is 2.11. The first-order valence-corrected chi connectivity index (χ1v) is 9.33. The molecule has 0 unspecified atom stereocenters. The van der Waals surface area contributed by atoms with Gasteiger partial charge in [-0.15, -0.1) is 0 Å². The molecule has 0 aliphatic rings. The Morgan fingerprint density at radius 1 is 1.12 bits per heavy atom. The summed E-state index contributed by atoms with van der Waals surface area (Å²) in [5.41, 5.74) is 3.14. The Morgan fingerprint density at radius 2 is 1.81 bits per heavy atom. The summed E-state index contributed by atoms with van der Waals surface area (Å²) in [6.45, 7) is 7.82. The van der Waals surface area contributed by atoms with Crippen LogP contribution in [0.15, 0.2) is 48.5 Å². The molecular weight excluding hydrogens is 324 g/mol. The van der Waals surface area contributed by atoms with E-state index in [-0.39, 0.29) is 6.03 Å². The summed E-state index contributed by atoms with van der Waals surface area (Å²) in [5, 5.41) is 2.98. The van der Waals surface area contributed by atoms with E-state index in [9.17, 15) is 4.79 Å². The molecule has 0 atom stereocenters. The molecule has 0 spiro atoms. The zero-order chi connectivity index (χ0) is 18.9. The Labute approximate surface area is 157 Å². The molecule has 0 saturated carbocycles. The van der Waals surface area contributed by atoms with Gasteiger partial charge >= 0.3 is 6.03 Å². The highest BCUT2D eigenvalue weighted by Gasteiger charge is 2.15. The van der Waals surface area contributed by atoms with Gasteiger partial charge in [0.1, 0.15) is 5.75 Å². The van der Waals surface area contributed by atoms with Crippen molar-refractivity contribution in [2.45, 2.75) is 46.1 Å².